The molecule has 0 aliphatic carbocycles. The first kappa shape index (κ1) is 24.9. The molecule has 0 radical (unpaired) electrons. The van der Waals surface area contributed by atoms with Gasteiger partial charge in [-0.25, -0.2) is 13.1 Å². The minimum Gasteiger partial charge on any atom is -0.480 e. The summed E-state index contributed by atoms with van der Waals surface area (Å²) in [6.45, 7) is 1.85. The normalized spacial score (nSPS) is 12.4. The van der Waals surface area contributed by atoms with E-state index in [0.29, 0.717) is 40.6 Å². The molecule has 0 fully saturated rings. The number of hydrogen-bond donors (Lipinski definition) is 5. The number of unbranched alkanes of at least 4 members (excludes halogenated alkanes) is 1. The minimum absolute atomic E-state index is 0.0447. The van der Waals surface area contributed by atoms with Crippen molar-refractivity contribution in [1.29, 1.82) is 5.41 Å². The molecule has 2 aromatic carbocycles. The molecule has 1 atom stereocenters. The standard InChI is InChI=1S/C23H26N4O6S/c1-2-3-10-34(31,32)27-18(23(29)30)11-14-4-7-17(8-5-14)26-22(28)20-13-16-12-15(21(24)25)6-9-19(16)33-20/h4-9,12-13,18,27H,2-3,10-11H2,1H3,(H3,24,25)(H,26,28)(H,29,30). The van der Waals surface area contributed by atoms with E-state index in [4.69, 9.17) is 15.6 Å². The van der Waals surface area contributed by atoms with E-state index in [1.807, 2.05) is 6.92 Å². The number of rotatable bonds is 11. The molecule has 1 aromatic heterocycles. The van der Waals surface area contributed by atoms with Gasteiger partial charge in [-0.15, -0.1) is 0 Å². The van der Waals surface area contributed by atoms with Crippen molar-refractivity contribution in [2.75, 3.05) is 11.1 Å². The van der Waals surface area contributed by atoms with Crippen LogP contribution in [-0.2, 0) is 21.2 Å². The van der Waals surface area contributed by atoms with Crippen LogP contribution in [0.5, 0.6) is 0 Å². The molecule has 3 aromatic rings. The first-order chi connectivity index (χ1) is 16.1. The number of fused-ring (bicyclic) bond motifs is 1. The molecule has 3 rings (SSSR count). The fourth-order valence-electron chi connectivity index (χ4n) is 3.26. The van der Waals surface area contributed by atoms with E-state index >= 15 is 0 Å². The zero-order valence-corrected chi connectivity index (χ0v) is 19.3. The maximum absolute atomic E-state index is 12.6. The SMILES string of the molecule is CCCCS(=O)(=O)NC(Cc1ccc(NC(=O)c2cc3cc(C(=N)N)ccc3o2)cc1)C(=O)O. The van der Waals surface area contributed by atoms with Gasteiger partial charge < -0.3 is 20.6 Å². The van der Waals surface area contributed by atoms with Gasteiger partial charge in [0.2, 0.25) is 10.0 Å². The summed E-state index contributed by atoms with van der Waals surface area (Å²) in [6.07, 6.45) is 1.08. The number of carboxylic acid groups (broad SMARTS) is 1. The number of carbonyl (C=O) groups is 2. The Labute approximate surface area is 196 Å². The predicted molar refractivity (Wildman–Crippen MR) is 129 cm³/mol. The van der Waals surface area contributed by atoms with Gasteiger partial charge in [0.25, 0.3) is 5.91 Å². The Bertz CT molecular complexity index is 1310. The lowest BCUT2D eigenvalue weighted by atomic mass is 10.1. The van der Waals surface area contributed by atoms with Crippen molar-refractivity contribution in [3.05, 3.63) is 65.4 Å². The molecule has 34 heavy (non-hydrogen) atoms. The second-order valence-corrected chi connectivity index (χ2v) is 9.69. The van der Waals surface area contributed by atoms with Gasteiger partial charge in [-0.05, 0) is 54.8 Å². The van der Waals surface area contributed by atoms with Crippen molar-refractivity contribution in [3.8, 4) is 0 Å². The molecular formula is C23H26N4O6S. The third kappa shape index (κ3) is 6.42. The summed E-state index contributed by atoms with van der Waals surface area (Å²) in [6, 6.07) is 11.6. The molecule has 0 spiro atoms. The van der Waals surface area contributed by atoms with E-state index in [1.54, 1.807) is 48.5 Å². The number of benzene rings is 2. The van der Waals surface area contributed by atoms with Crippen LogP contribution in [0.15, 0.2) is 52.9 Å². The number of aliphatic carboxylic acids is 1. The van der Waals surface area contributed by atoms with E-state index in [9.17, 15) is 23.1 Å². The number of hydrogen-bond acceptors (Lipinski definition) is 6. The third-order valence-electron chi connectivity index (χ3n) is 5.09. The Morgan fingerprint density at radius 3 is 2.47 bits per heavy atom. The molecule has 11 heteroatoms. The number of sulfonamides is 1. The quantitative estimate of drug-likeness (QED) is 0.204. The average Bonchev–Trinajstić information content (AvgIpc) is 3.22. The van der Waals surface area contributed by atoms with Crippen LogP contribution in [0.25, 0.3) is 11.0 Å². The van der Waals surface area contributed by atoms with Gasteiger partial charge in [0.1, 0.15) is 17.5 Å². The molecule has 0 saturated carbocycles. The van der Waals surface area contributed by atoms with E-state index in [1.165, 1.54) is 0 Å². The van der Waals surface area contributed by atoms with Gasteiger partial charge in [0.15, 0.2) is 5.76 Å². The lowest BCUT2D eigenvalue weighted by molar-refractivity contribution is -0.138. The number of nitrogens with one attached hydrogen (secondary N) is 3. The summed E-state index contributed by atoms with van der Waals surface area (Å²) < 4.78 is 31.9. The summed E-state index contributed by atoms with van der Waals surface area (Å²) >= 11 is 0. The lowest BCUT2D eigenvalue weighted by Crippen LogP contribution is -2.43. The zero-order valence-electron chi connectivity index (χ0n) is 18.5. The molecule has 180 valence electrons. The van der Waals surface area contributed by atoms with E-state index in [0.717, 1.165) is 0 Å². The van der Waals surface area contributed by atoms with Crippen molar-refractivity contribution < 1.29 is 27.5 Å². The van der Waals surface area contributed by atoms with Crippen molar-refractivity contribution in [2.45, 2.75) is 32.2 Å². The maximum Gasteiger partial charge on any atom is 0.322 e. The molecule has 0 aliphatic rings. The van der Waals surface area contributed by atoms with Crippen LogP contribution in [0.1, 0.15) is 41.4 Å². The number of carbonyl (C=O) groups excluding carboxylic acids is 1. The van der Waals surface area contributed by atoms with Crippen LogP contribution in [0.4, 0.5) is 5.69 Å². The fraction of sp³-hybridized carbons (Fsp3) is 0.261. The molecule has 1 unspecified atom stereocenters. The maximum atomic E-state index is 12.6. The zero-order chi connectivity index (χ0) is 24.9. The first-order valence-electron chi connectivity index (χ1n) is 10.6. The number of carboxylic acids is 1. The van der Waals surface area contributed by atoms with Gasteiger partial charge in [0.05, 0.1) is 5.75 Å². The van der Waals surface area contributed by atoms with Crippen molar-refractivity contribution in [3.63, 3.8) is 0 Å². The summed E-state index contributed by atoms with van der Waals surface area (Å²) in [7, 11) is -3.70. The summed E-state index contributed by atoms with van der Waals surface area (Å²) in [4.78, 5) is 24.1. The Kier molecular flexibility index (Phi) is 7.69. The molecule has 1 heterocycles. The topological polar surface area (TPSA) is 176 Å². The largest absolute Gasteiger partial charge is 0.480 e. The number of amidine groups is 1. The highest BCUT2D eigenvalue weighted by atomic mass is 32.2. The highest BCUT2D eigenvalue weighted by molar-refractivity contribution is 7.89. The molecule has 0 aliphatic heterocycles. The Morgan fingerprint density at radius 1 is 1.15 bits per heavy atom. The fourth-order valence-corrected chi connectivity index (χ4v) is 4.67. The minimum atomic E-state index is -3.70. The predicted octanol–water partition coefficient (Wildman–Crippen LogP) is 2.68. The summed E-state index contributed by atoms with van der Waals surface area (Å²) in [5.74, 6) is -1.90. The average molecular weight is 487 g/mol. The van der Waals surface area contributed by atoms with Crippen LogP contribution in [0, 0.1) is 5.41 Å². The van der Waals surface area contributed by atoms with Crippen molar-refractivity contribution in [1.82, 2.24) is 4.72 Å². The molecule has 0 bridgehead atoms. The number of nitrogens with two attached hydrogens (primary N) is 1. The van der Waals surface area contributed by atoms with Crippen molar-refractivity contribution >= 4 is 44.4 Å². The highest BCUT2D eigenvalue weighted by Crippen LogP contribution is 2.22. The molecule has 0 saturated heterocycles. The van der Waals surface area contributed by atoms with Gasteiger partial charge in [-0.3, -0.25) is 15.0 Å². The molecular weight excluding hydrogens is 460 g/mol. The van der Waals surface area contributed by atoms with Gasteiger partial charge in [-0.1, -0.05) is 25.5 Å². The second kappa shape index (κ2) is 10.5. The van der Waals surface area contributed by atoms with Crippen molar-refractivity contribution in [2.24, 2.45) is 5.73 Å². The Morgan fingerprint density at radius 2 is 1.85 bits per heavy atom. The van der Waals surface area contributed by atoms with Crippen LogP contribution in [0.2, 0.25) is 0 Å². The second-order valence-electron chi connectivity index (χ2n) is 7.81. The van der Waals surface area contributed by atoms with Crippen LogP contribution >= 0.6 is 0 Å². The molecule has 10 nitrogen and oxygen atoms in total. The van der Waals surface area contributed by atoms with Gasteiger partial charge in [0, 0.05) is 16.6 Å². The Hall–Kier alpha value is -3.70. The lowest BCUT2D eigenvalue weighted by Gasteiger charge is -2.15. The molecule has 1 amide bonds. The van der Waals surface area contributed by atoms with E-state index in [-0.39, 0.29) is 23.8 Å². The van der Waals surface area contributed by atoms with E-state index < -0.39 is 27.9 Å². The first-order valence-corrected chi connectivity index (χ1v) is 12.2. The highest BCUT2D eigenvalue weighted by Gasteiger charge is 2.24. The number of anilines is 1. The van der Waals surface area contributed by atoms with Crippen LogP contribution < -0.4 is 15.8 Å². The van der Waals surface area contributed by atoms with Gasteiger partial charge >= 0.3 is 5.97 Å². The Balaban J connectivity index is 1.66. The van der Waals surface area contributed by atoms with E-state index in [2.05, 4.69) is 10.0 Å². The summed E-state index contributed by atoms with van der Waals surface area (Å²) in [5.41, 5.74) is 7.52. The van der Waals surface area contributed by atoms with Crippen LogP contribution in [-0.4, -0.2) is 43.0 Å². The monoisotopic (exact) mass is 486 g/mol. The number of nitrogen functional groups attached to an aromatic ring is 1. The third-order valence-corrected chi connectivity index (χ3v) is 6.56. The van der Waals surface area contributed by atoms with Crippen LogP contribution in [0.3, 0.4) is 0 Å². The number of furan rings is 1. The van der Waals surface area contributed by atoms with Gasteiger partial charge in [-0.2, -0.15) is 0 Å². The summed E-state index contributed by atoms with van der Waals surface area (Å²) in [5, 5.41) is 20.2. The molecule has 6 N–H and O–H groups in total. The number of amides is 1. The smallest absolute Gasteiger partial charge is 0.322 e.